The van der Waals surface area contributed by atoms with Crippen molar-refractivity contribution >= 4 is 17.9 Å². The van der Waals surface area contributed by atoms with E-state index in [4.69, 9.17) is 4.74 Å². The lowest BCUT2D eigenvalue weighted by Crippen LogP contribution is -2.54. The Balaban J connectivity index is 1.35. The van der Waals surface area contributed by atoms with E-state index in [1.807, 2.05) is 46.1 Å². The molecule has 31 heavy (non-hydrogen) atoms. The van der Waals surface area contributed by atoms with Gasteiger partial charge in [-0.05, 0) is 32.9 Å². The Morgan fingerprint density at radius 2 is 1.74 bits per heavy atom. The van der Waals surface area contributed by atoms with Gasteiger partial charge in [-0.25, -0.2) is 9.78 Å². The van der Waals surface area contributed by atoms with E-state index in [0.717, 1.165) is 64.1 Å². The van der Waals surface area contributed by atoms with Crippen molar-refractivity contribution in [2.45, 2.75) is 26.4 Å². The van der Waals surface area contributed by atoms with E-state index in [2.05, 4.69) is 36.1 Å². The second-order valence-electron chi connectivity index (χ2n) is 8.95. The number of guanidine groups is 1. The van der Waals surface area contributed by atoms with Crippen LogP contribution in [-0.2, 0) is 4.74 Å². The third kappa shape index (κ3) is 6.99. The number of amides is 1. The van der Waals surface area contributed by atoms with Crippen LogP contribution in [0.5, 0.6) is 0 Å². The van der Waals surface area contributed by atoms with Crippen molar-refractivity contribution in [2.75, 3.05) is 77.4 Å². The van der Waals surface area contributed by atoms with Crippen LogP contribution in [-0.4, -0.2) is 110 Å². The highest BCUT2D eigenvalue weighted by molar-refractivity contribution is 5.80. The lowest BCUT2D eigenvalue weighted by molar-refractivity contribution is 0.0147. The van der Waals surface area contributed by atoms with Gasteiger partial charge in [-0.2, -0.15) is 0 Å². The van der Waals surface area contributed by atoms with Gasteiger partial charge in [0.1, 0.15) is 11.4 Å². The van der Waals surface area contributed by atoms with Crippen molar-refractivity contribution in [3.05, 3.63) is 24.4 Å². The third-order valence-corrected chi connectivity index (χ3v) is 5.50. The van der Waals surface area contributed by atoms with Gasteiger partial charge in [0.25, 0.3) is 0 Å². The van der Waals surface area contributed by atoms with Crippen LogP contribution in [0.2, 0.25) is 0 Å². The molecule has 2 fully saturated rings. The Bertz CT molecular complexity index is 719. The first-order valence-electron chi connectivity index (χ1n) is 11.2. The molecular formula is C22H37N7O2. The van der Waals surface area contributed by atoms with Crippen molar-refractivity contribution < 1.29 is 9.53 Å². The summed E-state index contributed by atoms with van der Waals surface area (Å²) in [5, 5.41) is 3.50. The van der Waals surface area contributed by atoms with Gasteiger partial charge in [-0.3, -0.25) is 9.89 Å². The predicted octanol–water partition coefficient (Wildman–Crippen LogP) is 1.33. The summed E-state index contributed by atoms with van der Waals surface area (Å²) in [4.78, 5) is 29.9. The number of rotatable bonds is 4. The molecule has 9 heteroatoms. The average molecular weight is 432 g/mol. The smallest absolute Gasteiger partial charge is 0.410 e. The minimum atomic E-state index is -0.447. The van der Waals surface area contributed by atoms with E-state index < -0.39 is 5.60 Å². The Morgan fingerprint density at radius 3 is 2.32 bits per heavy atom. The fourth-order valence-corrected chi connectivity index (χ4v) is 3.83. The highest BCUT2D eigenvalue weighted by Crippen LogP contribution is 2.13. The monoisotopic (exact) mass is 431 g/mol. The molecule has 1 N–H and O–H groups in total. The number of carbonyl (C=O) groups is 1. The van der Waals surface area contributed by atoms with Gasteiger partial charge >= 0.3 is 6.09 Å². The minimum absolute atomic E-state index is 0.212. The summed E-state index contributed by atoms with van der Waals surface area (Å²) in [7, 11) is 1.84. The lowest BCUT2D eigenvalue weighted by Gasteiger charge is -2.38. The number of piperazine rings is 2. The molecule has 0 unspecified atom stereocenters. The Kier molecular flexibility index (Phi) is 7.95. The first kappa shape index (κ1) is 23.1. The number of nitrogens with one attached hydrogen (secondary N) is 1. The molecular weight excluding hydrogens is 394 g/mol. The van der Waals surface area contributed by atoms with Crippen LogP contribution in [0.3, 0.4) is 0 Å². The molecule has 1 amide bonds. The maximum atomic E-state index is 12.2. The Hall–Kier alpha value is -2.55. The van der Waals surface area contributed by atoms with Crippen molar-refractivity contribution in [3.8, 4) is 0 Å². The number of hydrogen-bond acceptors (Lipinski definition) is 6. The topological polar surface area (TPSA) is 76.5 Å². The quantitative estimate of drug-likeness (QED) is 0.569. The van der Waals surface area contributed by atoms with Gasteiger partial charge in [-0.15, -0.1) is 0 Å². The third-order valence-electron chi connectivity index (χ3n) is 5.50. The molecule has 0 aliphatic carbocycles. The molecule has 9 nitrogen and oxygen atoms in total. The molecule has 0 aromatic carbocycles. The fraction of sp³-hybridized carbons (Fsp3) is 0.682. The molecule has 1 aromatic rings. The highest BCUT2D eigenvalue weighted by atomic mass is 16.6. The molecule has 3 heterocycles. The van der Waals surface area contributed by atoms with Gasteiger partial charge in [0.2, 0.25) is 0 Å². The summed E-state index contributed by atoms with van der Waals surface area (Å²) in [5.74, 6) is 1.99. The van der Waals surface area contributed by atoms with Crippen LogP contribution in [0.15, 0.2) is 29.4 Å². The van der Waals surface area contributed by atoms with Crippen LogP contribution >= 0.6 is 0 Å². The van der Waals surface area contributed by atoms with Gasteiger partial charge in [0.15, 0.2) is 5.96 Å². The number of nitrogens with zero attached hydrogens (tertiary/aromatic N) is 6. The number of aromatic nitrogens is 1. The van der Waals surface area contributed by atoms with Gasteiger partial charge < -0.3 is 24.8 Å². The maximum absolute atomic E-state index is 12.2. The second kappa shape index (κ2) is 10.7. The number of carbonyl (C=O) groups excluding carboxylic acids is 1. The number of ether oxygens (including phenoxy) is 1. The summed E-state index contributed by atoms with van der Waals surface area (Å²) < 4.78 is 5.47. The summed E-state index contributed by atoms with van der Waals surface area (Å²) in [6.07, 6.45) is 1.63. The van der Waals surface area contributed by atoms with Gasteiger partial charge in [-0.1, -0.05) is 6.07 Å². The fourth-order valence-electron chi connectivity index (χ4n) is 3.83. The molecule has 0 saturated carbocycles. The molecule has 172 valence electrons. The number of pyridine rings is 1. The van der Waals surface area contributed by atoms with Crippen LogP contribution in [0.4, 0.5) is 10.6 Å². The first-order chi connectivity index (χ1) is 14.9. The van der Waals surface area contributed by atoms with Crippen molar-refractivity contribution in [2.24, 2.45) is 4.99 Å². The molecule has 0 atom stereocenters. The predicted molar refractivity (Wildman–Crippen MR) is 124 cm³/mol. The Labute approximate surface area is 186 Å². The van der Waals surface area contributed by atoms with E-state index in [0.29, 0.717) is 13.1 Å². The molecule has 2 aliphatic heterocycles. The van der Waals surface area contributed by atoms with E-state index in [9.17, 15) is 4.79 Å². The van der Waals surface area contributed by atoms with E-state index in [1.165, 1.54) is 0 Å². The Morgan fingerprint density at radius 1 is 1.06 bits per heavy atom. The van der Waals surface area contributed by atoms with Crippen LogP contribution in [0, 0.1) is 0 Å². The van der Waals surface area contributed by atoms with Crippen molar-refractivity contribution in [1.82, 2.24) is 25.0 Å². The summed E-state index contributed by atoms with van der Waals surface area (Å²) in [6.45, 7) is 14.3. The van der Waals surface area contributed by atoms with Crippen LogP contribution in [0.25, 0.3) is 0 Å². The summed E-state index contributed by atoms with van der Waals surface area (Å²) in [6, 6.07) is 6.04. The number of hydrogen-bond donors (Lipinski definition) is 1. The number of anilines is 1. The summed E-state index contributed by atoms with van der Waals surface area (Å²) in [5.41, 5.74) is -0.447. The zero-order chi connectivity index (χ0) is 22.3. The molecule has 2 saturated heterocycles. The average Bonchev–Trinajstić information content (AvgIpc) is 2.77. The first-order valence-corrected chi connectivity index (χ1v) is 11.2. The molecule has 0 bridgehead atoms. The standard InChI is InChI=1S/C22H37N7O2/c1-22(2,3)31-21(30)29-13-11-26(12-14-29)10-9-25-20(23-4)28-17-15-27(16-18-28)19-7-5-6-8-24-19/h5-8H,9-18H2,1-4H3,(H,23,25). The zero-order valence-electron chi connectivity index (χ0n) is 19.4. The highest BCUT2D eigenvalue weighted by Gasteiger charge is 2.26. The molecule has 0 spiro atoms. The lowest BCUT2D eigenvalue weighted by atomic mass is 10.2. The van der Waals surface area contributed by atoms with E-state index in [1.54, 1.807) is 4.90 Å². The minimum Gasteiger partial charge on any atom is -0.444 e. The SMILES string of the molecule is CN=C(NCCN1CCN(C(=O)OC(C)(C)C)CC1)N1CCN(c2ccccn2)CC1. The van der Waals surface area contributed by atoms with E-state index >= 15 is 0 Å². The van der Waals surface area contributed by atoms with Crippen LogP contribution in [0.1, 0.15) is 20.8 Å². The zero-order valence-corrected chi connectivity index (χ0v) is 19.4. The molecule has 0 radical (unpaired) electrons. The second-order valence-corrected chi connectivity index (χ2v) is 8.95. The molecule has 2 aliphatic rings. The van der Waals surface area contributed by atoms with E-state index in [-0.39, 0.29) is 6.09 Å². The van der Waals surface area contributed by atoms with Crippen molar-refractivity contribution in [3.63, 3.8) is 0 Å². The maximum Gasteiger partial charge on any atom is 0.410 e. The summed E-state index contributed by atoms with van der Waals surface area (Å²) >= 11 is 0. The normalized spacial score (nSPS) is 18.8. The largest absolute Gasteiger partial charge is 0.444 e. The van der Waals surface area contributed by atoms with Gasteiger partial charge in [0, 0.05) is 78.7 Å². The van der Waals surface area contributed by atoms with Crippen LogP contribution < -0.4 is 10.2 Å². The molecule has 3 rings (SSSR count). The van der Waals surface area contributed by atoms with Crippen molar-refractivity contribution in [1.29, 1.82) is 0 Å². The van der Waals surface area contributed by atoms with Gasteiger partial charge in [0.05, 0.1) is 0 Å². The number of aliphatic imine (C=N–C) groups is 1. The molecule has 1 aromatic heterocycles.